The number of hydrogen-bond donors (Lipinski definition) is 2. The predicted octanol–water partition coefficient (Wildman–Crippen LogP) is 2.72. The van der Waals surface area contributed by atoms with Gasteiger partial charge in [0.05, 0.1) is 11.1 Å². The molecule has 0 bridgehead atoms. The van der Waals surface area contributed by atoms with E-state index in [-0.39, 0.29) is 10.8 Å². The lowest BCUT2D eigenvalue weighted by Crippen LogP contribution is -2.45. The van der Waals surface area contributed by atoms with Crippen LogP contribution in [0, 0.1) is 0 Å². The molecule has 2 rings (SSSR count). The quantitative estimate of drug-likeness (QED) is 0.890. The Balaban J connectivity index is 2.31. The topological polar surface area (TPSA) is 35.5 Å². The van der Waals surface area contributed by atoms with Gasteiger partial charge >= 0.3 is 0 Å². The molecular weight excluding hydrogens is 323 g/mol. The molecule has 3 nitrogen and oxygen atoms in total. The van der Waals surface area contributed by atoms with Crippen LogP contribution in [-0.2, 0) is 0 Å². The van der Waals surface area contributed by atoms with Crippen LogP contribution in [0.25, 0.3) is 0 Å². The molecule has 2 N–H and O–H groups in total. The molecule has 1 heterocycles. The Labute approximate surface area is 119 Å². The van der Waals surface area contributed by atoms with Crippen molar-refractivity contribution in [3.63, 3.8) is 0 Å². The van der Waals surface area contributed by atoms with Crippen molar-refractivity contribution in [3.8, 4) is 5.75 Å². The van der Waals surface area contributed by atoms with E-state index in [4.69, 9.17) is 11.6 Å². The highest BCUT2D eigenvalue weighted by atomic mass is 79.9. The fourth-order valence-electron chi connectivity index (χ4n) is 2.21. The van der Waals surface area contributed by atoms with Crippen LogP contribution in [0.15, 0.2) is 16.6 Å². The second-order valence-corrected chi connectivity index (χ2v) is 5.60. The zero-order valence-electron chi connectivity index (χ0n) is 9.80. The fourth-order valence-corrected chi connectivity index (χ4v) is 3.05. The Morgan fingerprint density at radius 3 is 2.72 bits per heavy atom. The van der Waals surface area contributed by atoms with Gasteiger partial charge in [-0.2, -0.15) is 0 Å². The zero-order chi connectivity index (χ0) is 13.1. The molecule has 1 aromatic carbocycles. The first-order chi connectivity index (χ1) is 8.63. The van der Waals surface area contributed by atoms with Crippen LogP contribution in [0.2, 0.25) is 5.02 Å². The molecule has 0 saturated carbocycles. The third-order valence-electron chi connectivity index (χ3n) is 3.16. The molecule has 6 heteroatoms. The van der Waals surface area contributed by atoms with Gasteiger partial charge in [-0.3, -0.25) is 4.90 Å². The van der Waals surface area contributed by atoms with Crippen molar-refractivity contribution < 1.29 is 9.50 Å². The summed E-state index contributed by atoms with van der Waals surface area (Å²) in [6.07, 6.45) is 0. The highest BCUT2D eigenvalue weighted by Gasteiger charge is 2.25. The van der Waals surface area contributed by atoms with Crippen LogP contribution >= 0.6 is 27.5 Å². The number of phenolic OH excluding ortho intramolecular Hbond substituents is 1. The monoisotopic (exact) mass is 336 g/mol. The summed E-state index contributed by atoms with van der Waals surface area (Å²) in [5.41, 5.74) is 0.541. The van der Waals surface area contributed by atoms with Gasteiger partial charge in [-0.25, -0.2) is 4.39 Å². The number of halogens is 3. The molecule has 0 amide bonds. The van der Waals surface area contributed by atoms with Crippen LogP contribution in [0.4, 0.5) is 4.39 Å². The summed E-state index contributed by atoms with van der Waals surface area (Å²) in [6, 6.07) is 2.89. The van der Waals surface area contributed by atoms with Crippen LogP contribution in [0.5, 0.6) is 5.75 Å². The van der Waals surface area contributed by atoms with E-state index in [0.29, 0.717) is 5.56 Å². The third-order valence-corrected chi connectivity index (χ3v) is 3.90. The minimum atomic E-state index is -0.541. The first-order valence-corrected chi connectivity index (χ1v) is 6.99. The van der Waals surface area contributed by atoms with E-state index in [1.165, 1.54) is 0 Å². The van der Waals surface area contributed by atoms with Crippen molar-refractivity contribution in [2.45, 2.75) is 6.04 Å². The third kappa shape index (κ3) is 2.96. The number of nitrogens with zero attached hydrogens (tertiary/aromatic N) is 1. The van der Waals surface area contributed by atoms with E-state index in [9.17, 15) is 9.50 Å². The van der Waals surface area contributed by atoms with Gasteiger partial charge < -0.3 is 10.4 Å². The molecule has 0 radical (unpaired) electrons. The zero-order valence-corrected chi connectivity index (χ0v) is 12.1. The van der Waals surface area contributed by atoms with E-state index >= 15 is 0 Å². The van der Waals surface area contributed by atoms with Gasteiger partial charge in [-0.15, -0.1) is 0 Å². The first-order valence-electron chi connectivity index (χ1n) is 5.82. The van der Waals surface area contributed by atoms with Crippen LogP contribution in [-0.4, -0.2) is 42.9 Å². The smallest absolute Gasteiger partial charge is 0.139 e. The molecule has 1 atom stereocenters. The molecular formula is C12H15BrClFN2O. The Morgan fingerprint density at radius 1 is 1.44 bits per heavy atom. The van der Waals surface area contributed by atoms with Crippen molar-refractivity contribution in [1.82, 2.24) is 10.2 Å². The standard InChI is InChI=1S/C12H15BrClFN2O/c13-8-5-9(12(18)10(14)6-8)11(7-15)17-3-1-16-2-4-17/h5-6,11,16,18H,1-4,7H2/t11-/m1/s1. The Bertz CT molecular complexity index is 427. The van der Waals surface area contributed by atoms with Crippen molar-refractivity contribution in [3.05, 3.63) is 27.2 Å². The fraction of sp³-hybridized carbons (Fsp3) is 0.500. The van der Waals surface area contributed by atoms with Crippen molar-refractivity contribution in [2.24, 2.45) is 0 Å². The van der Waals surface area contributed by atoms with E-state index in [0.717, 1.165) is 30.7 Å². The van der Waals surface area contributed by atoms with E-state index < -0.39 is 12.7 Å². The summed E-state index contributed by atoms with van der Waals surface area (Å²) in [4.78, 5) is 2.02. The minimum Gasteiger partial charge on any atom is -0.506 e. The molecule has 100 valence electrons. The Kier molecular flexibility index (Phi) is 4.84. The normalized spacial score (nSPS) is 18.8. The van der Waals surface area contributed by atoms with Crippen LogP contribution < -0.4 is 5.32 Å². The lowest BCUT2D eigenvalue weighted by Gasteiger charge is -2.34. The Morgan fingerprint density at radius 2 is 2.11 bits per heavy atom. The number of aromatic hydroxyl groups is 1. The maximum absolute atomic E-state index is 13.3. The minimum absolute atomic E-state index is 0.0268. The molecule has 18 heavy (non-hydrogen) atoms. The summed E-state index contributed by atoms with van der Waals surface area (Å²) in [5, 5.41) is 13.5. The maximum atomic E-state index is 13.3. The molecule has 1 aromatic rings. The number of hydrogen-bond acceptors (Lipinski definition) is 3. The molecule has 0 unspecified atom stereocenters. The van der Waals surface area contributed by atoms with Gasteiger partial charge in [0, 0.05) is 36.2 Å². The molecule has 1 aliphatic heterocycles. The number of phenols is 1. The van der Waals surface area contributed by atoms with Gasteiger partial charge in [-0.1, -0.05) is 27.5 Å². The maximum Gasteiger partial charge on any atom is 0.139 e. The van der Waals surface area contributed by atoms with Crippen LogP contribution in [0.3, 0.4) is 0 Å². The van der Waals surface area contributed by atoms with Gasteiger partial charge in [-0.05, 0) is 12.1 Å². The largest absolute Gasteiger partial charge is 0.506 e. The number of alkyl halides is 1. The van der Waals surface area contributed by atoms with E-state index in [1.54, 1.807) is 12.1 Å². The lowest BCUT2D eigenvalue weighted by molar-refractivity contribution is 0.145. The van der Waals surface area contributed by atoms with E-state index in [2.05, 4.69) is 21.2 Å². The second-order valence-electron chi connectivity index (χ2n) is 4.28. The van der Waals surface area contributed by atoms with Gasteiger partial charge in [0.15, 0.2) is 0 Å². The summed E-state index contributed by atoms with van der Waals surface area (Å²) >= 11 is 9.25. The van der Waals surface area contributed by atoms with Gasteiger partial charge in [0.25, 0.3) is 0 Å². The average molecular weight is 338 g/mol. The first kappa shape index (κ1) is 14.1. The van der Waals surface area contributed by atoms with Gasteiger partial charge in [0.2, 0.25) is 0 Å². The Hall–Kier alpha value is -0.360. The second kappa shape index (κ2) is 6.19. The van der Waals surface area contributed by atoms with Crippen molar-refractivity contribution in [2.75, 3.05) is 32.9 Å². The molecule has 1 fully saturated rings. The van der Waals surface area contributed by atoms with Crippen LogP contribution in [0.1, 0.15) is 11.6 Å². The van der Waals surface area contributed by atoms with E-state index in [1.807, 2.05) is 4.90 Å². The summed E-state index contributed by atoms with van der Waals surface area (Å²) in [7, 11) is 0. The predicted molar refractivity (Wildman–Crippen MR) is 74.0 cm³/mol. The molecule has 1 aliphatic rings. The lowest BCUT2D eigenvalue weighted by atomic mass is 10.0. The highest BCUT2D eigenvalue weighted by Crippen LogP contribution is 2.37. The number of nitrogens with one attached hydrogen (secondary N) is 1. The number of benzene rings is 1. The summed E-state index contributed by atoms with van der Waals surface area (Å²) < 4.78 is 14.1. The summed E-state index contributed by atoms with van der Waals surface area (Å²) in [5.74, 6) is -0.0268. The molecule has 1 saturated heterocycles. The SMILES string of the molecule is Oc1c(Cl)cc(Br)cc1[C@@H](CF)N1CCNCC1. The average Bonchev–Trinajstić information content (AvgIpc) is 2.37. The molecule has 0 spiro atoms. The molecule has 0 aliphatic carbocycles. The number of rotatable bonds is 3. The van der Waals surface area contributed by atoms with Gasteiger partial charge in [0.1, 0.15) is 12.4 Å². The van der Waals surface area contributed by atoms with Crippen molar-refractivity contribution in [1.29, 1.82) is 0 Å². The molecule has 0 aromatic heterocycles. The number of piperazine rings is 1. The van der Waals surface area contributed by atoms with Crippen molar-refractivity contribution >= 4 is 27.5 Å². The highest BCUT2D eigenvalue weighted by molar-refractivity contribution is 9.10. The summed E-state index contributed by atoms with van der Waals surface area (Å²) in [6.45, 7) is 2.65.